The molecule has 176 valence electrons. The maximum absolute atomic E-state index is 12.6. The van der Waals surface area contributed by atoms with Crippen LogP contribution in [0.2, 0.25) is 0 Å². The second kappa shape index (κ2) is 11.5. The van der Waals surface area contributed by atoms with E-state index >= 15 is 0 Å². The van der Waals surface area contributed by atoms with Crippen LogP contribution >= 0.6 is 0 Å². The molecular weight excluding hydrogens is 424 g/mol. The molecule has 0 saturated heterocycles. The topological polar surface area (TPSA) is 125 Å². The van der Waals surface area contributed by atoms with Crippen LogP contribution in [0.5, 0.6) is 0 Å². The molecule has 0 saturated carbocycles. The second-order valence-electron chi connectivity index (χ2n) is 8.17. The highest BCUT2D eigenvalue weighted by atomic mass is 16.5. The molecule has 2 aromatic carbocycles. The quantitative estimate of drug-likeness (QED) is 0.414. The number of carbonyl (C=O) groups excluding carboxylic acids is 2. The third kappa shape index (κ3) is 6.32. The normalized spacial score (nSPS) is 14.0. The lowest BCUT2D eigenvalue weighted by Crippen LogP contribution is -2.42. The average Bonchev–Trinajstić information content (AvgIpc) is 3.13. The maximum atomic E-state index is 12.6. The van der Waals surface area contributed by atoms with Crippen molar-refractivity contribution in [2.24, 2.45) is 0 Å². The number of carbonyl (C=O) groups is 3. The van der Waals surface area contributed by atoms with Crippen LogP contribution in [0.1, 0.15) is 49.7 Å². The SMILES string of the molecule is CCCCC(CC(=O)NC[C@H](O)C(=O)O)NC(=O)OCC1c2ccccc2-c2ccccc21. The van der Waals surface area contributed by atoms with Gasteiger partial charge in [0.2, 0.25) is 5.91 Å². The number of rotatable bonds is 11. The standard InChI is InChI=1S/C25H30N2O6/c1-2-3-8-16(13-23(29)26-14-22(28)24(30)31)27-25(32)33-15-21-19-11-6-4-9-17(19)18-10-5-7-12-20(18)21/h4-7,9-12,16,21-22,28H,2-3,8,13-15H2,1H3,(H,26,29)(H,27,32)(H,30,31)/t16?,22-/m0/s1. The smallest absolute Gasteiger partial charge is 0.407 e. The van der Waals surface area contributed by atoms with Crippen molar-refractivity contribution in [2.45, 2.75) is 50.7 Å². The van der Waals surface area contributed by atoms with Crippen LogP contribution < -0.4 is 10.6 Å². The number of benzene rings is 2. The Hall–Kier alpha value is -3.39. The van der Waals surface area contributed by atoms with Crippen molar-refractivity contribution in [3.05, 3.63) is 59.7 Å². The Balaban J connectivity index is 1.57. The van der Waals surface area contributed by atoms with E-state index in [4.69, 9.17) is 9.84 Å². The van der Waals surface area contributed by atoms with Gasteiger partial charge in [0.05, 0.1) is 6.54 Å². The number of amides is 2. The van der Waals surface area contributed by atoms with E-state index in [-0.39, 0.29) is 25.5 Å². The van der Waals surface area contributed by atoms with Gasteiger partial charge in [0, 0.05) is 18.4 Å². The van der Waals surface area contributed by atoms with Gasteiger partial charge in [0.1, 0.15) is 6.61 Å². The Bertz CT molecular complexity index is 947. The monoisotopic (exact) mass is 454 g/mol. The summed E-state index contributed by atoms with van der Waals surface area (Å²) in [5.41, 5.74) is 4.52. The average molecular weight is 455 g/mol. The molecule has 0 aliphatic heterocycles. The summed E-state index contributed by atoms with van der Waals surface area (Å²) in [7, 11) is 0. The Morgan fingerprint density at radius 3 is 2.21 bits per heavy atom. The molecule has 1 aliphatic rings. The number of fused-ring (bicyclic) bond motifs is 3. The van der Waals surface area contributed by atoms with E-state index in [0.717, 1.165) is 35.1 Å². The molecule has 0 aromatic heterocycles. The van der Waals surface area contributed by atoms with Gasteiger partial charge in [0.25, 0.3) is 0 Å². The summed E-state index contributed by atoms with van der Waals surface area (Å²) in [5.74, 6) is -1.91. The minimum Gasteiger partial charge on any atom is -0.479 e. The molecule has 0 heterocycles. The Kier molecular flexibility index (Phi) is 8.43. The first kappa shape index (κ1) is 24.3. The summed E-state index contributed by atoms with van der Waals surface area (Å²) in [6.45, 7) is 1.80. The van der Waals surface area contributed by atoms with Crippen LogP contribution in [0.15, 0.2) is 48.5 Å². The Morgan fingerprint density at radius 2 is 1.64 bits per heavy atom. The van der Waals surface area contributed by atoms with Gasteiger partial charge in [-0.1, -0.05) is 68.3 Å². The van der Waals surface area contributed by atoms with E-state index in [1.54, 1.807) is 0 Å². The number of nitrogens with one attached hydrogen (secondary N) is 2. The number of hydrogen-bond acceptors (Lipinski definition) is 5. The van der Waals surface area contributed by atoms with Gasteiger partial charge >= 0.3 is 12.1 Å². The van der Waals surface area contributed by atoms with E-state index in [1.165, 1.54) is 0 Å². The van der Waals surface area contributed by atoms with Crippen LogP contribution in [-0.2, 0) is 14.3 Å². The van der Waals surface area contributed by atoms with E-state index in [1.807, 2.05) is 43.3 Å². The fourth-order valence-corrected chi connectivity index (χ4v) is 4.08. The molecule has 2 amide bonds. The fraction of sp³-hybridized carbons (Fsp3) is 0.400. The van der Waals surface area contributed by atoms with Crippen LogP contribution in [0.3, 0.4) is 0 Å². The number of unbranched alkanes of at least 4 members (excludes halogenated alkanes) is 1. The summed E-state index contributed by atoms with van der Waals surface area (Å²) in [6.07, 6.45) is -0.0253. The lowest BCUT2D eigenvalue weighted by molar-refractivity contribution is -0.146. The zero-order valence-electron chi connectivity index (χ0n) is 18.6. The largest absolute Gasteiger partial charge is 0.479 e. The minimum atomic E-state index is -1.67. The molecule has 0 radical (unpaired) electrons. The first-order valence-corrected chi connectivity index (χ1v) is 11.2. The van der Waals surface area contributed by atoms with E-state index in [9.17, 15) is 19.5 Å². The number of ether oxygens (including phenoxy) is 1. The molecule has 1 aliphatic carbocycles. The van der Waals surface area contributed by atoms with Crippen molar-refractivity contribution < 1.29 is 29.3 Å². The molecule has 0 spiro atoms. The third-order valence-corrected chi connectivity index (χ3v) is 5.78. The minimum absolute atomic E-state index is 0.0312. The first-order chi connectivity index (χ1) is 15.9. The summed E-state index contributed by atoms with van der Waals surface area (Å²) < 4.78 is 5.56. The van der Waals surface area contributed by atoms with Crippen molar-refractivity contribution >= 4 is 18.0 Å². The van der Waals surface area contributed by atoms with Crippen molar-refractivity contribution in [1.82, 2.24) is 10.6 Å². The highest BCUT2D eigenvalue weighted by Gasteiger charge is 2.29. The number of hydrogen-bond donors (Lipinski definition) is 4. The highest BCUT2D eigenvalue weighted by molar-refractivity contribution is 5.80. The van der Waals surface area contributed by atoms with E-state index in [0.29, 0.717) is 6.42 Å². The highest BCUT2D eigenvalue weighted by Crippen LogP contribution is 2.44. The van der Waals surface area contributed by atoms with Crippen LogP contribution in [0.25, 0.3) is 11.1 Å². The van der Waals surface area contributed by atoms with E-state index in [2.05, 4.69) is 22.8 Å². The molecule has 33 heavy (non-hydrogen) atoms. The summed E-state index contributed by atoms with van der Waals surface area (Å²) >= 11 is 0. The summed E-state index contributed by atoms with van der Waals surface area (Å²) in [5, 5.41) is 23.2. The number of alkyl carbamates (subject to hydrolysis) is 1. The molecule has 0 fully saturated rings. The van der Waals surface area contributed by atoms with Gasteiger partial charge in [0.15, 0.2) is 6.10 Å². The first-order valence-electron chi connectivity index (χ1n) is 11.2. The fourth-order valence-electron chi connectivity index (χ4n) is 4.08. The number of aliphatic carboxylic acids is 1. The number of aliphatic hydroxyl groups excluding tert-OH is 1. The lowest BCUT2D eigenvalue weighted by atomic mass is 9.98. The van der Waals surface area contributed by atoms with E-state index < -0.39 is 30.1 Å². The van der Waals surface area contributed by atoms with Crippen molar-refractivity contribution in [2.75, 3.05) is 13.2 Å². The van der Waals surface area contributed by atoms with Gasteiger partial charge in [-0.15, -0.1) is 0 Å². The van der Waals surface area contributed by atoms with Gasteiger partial charge in [-0.2, -0.15) is 0 Å². The molecule has 3 rings (SSSR count). The van der Waals surface area contributed by atoms with Crippen molar-refractivity contribution in [3.63, 3.8) is 0 Å². The number of carboxylic acid groups (broad SMARTS) is 1. The molecule has 8 nitrogen and oxygen atoms in total. The lowest BCUT2D eigenvalue weighted by Gasteiger charge is -2.20. The zero-order valence-corrected chi connectivity index (χ0v) is 18.6. The molecule has 4 N–H and O–H groups in total. The maximum Gasteiger partial charge on any atom is 0.407 e. The zero-order chi connectivity index (χ0) is 23.8. The molecule has 8 heteroatoms. The predicted molar refractivity (Wildman–Crippen MR) is 123 cm³/mol. The molecule has 0 bridgehead atoms. The van der Waals surface area contributed by atoms with Crippen LogP contribution in [0.4, 0.5) is 4.79 Å². The molecule has 2 aromatic rings. The van der Waals surface area contributed by atoms with Crippen LogP contribution in [0, 0.1) is 0 Å². The predicted octanol–water partition coefficient (Wildman–Crippen LogP) is 3.04. The van der Waals surface area contributed by atoms with Crippen molar-refractivity contribution in [3.8, 4) is 11.1 Å². The summed E-state index contributed by atoms with van der Waals surface area (Å²) in [4.78, 5) is 35.4. The van der Waals surface area contributed by atoms with Gasteiger partial charge in [-0.05, 0) is 28.7 Å². The summed E-state index contributed by atoms with van der Waals surface area (Å²) in [6, 6.07) is 15.7. The van der Waals surface area contributed by atoms with Gasteiger partial charge in [-0.25, -0.2) is 9.59 Å². The molecule has 1 unspecified atom stereocenters. The number of carboxylic acids is 1. The van der Waals surface area contributed by atoms with Crippen molar-refractivity contribution in [1.29, 1.82) is 0 Å². The Labute approximate surface area is 193 Å². The van der Waals surface area contributed by atoms with Crippen LogP contribution in [-0.4, -0.2) is 53.5 Å². The second-order valence-corrected chi connectivity index (χ2v) is 8.17. The van der Waals surface area contributed by atoms with Gasteiger partial charge < -0.3 is 25.6 Å². The molecule has 2 atom stereocenters. The molecular formula is C25H30N2O6. The van der Waals surface area contributed by atoms with Gasteiger partial charge in [-0.3, -0.25) is 4.79 Å². The third-order valence-electron chi connectivity index (χ3n) is 5.78. The number of aliphatic hydroxyl groups is 1. The Morgan fingerprint density at radius 1 is 1.03 bits per heavy atom.